The van der Waals surface area contributed by atoms with E-state index in [0.717, 1.165) is 38.0 Å². The number of likely N-dealkylation sites (tertiary alicyclic amines) is 1. The zero-order valence-corrected chi connectivity index (χ0v) is 21.7. The summed E-state index contributed by atoms with van der Waals surface area (Å²) >= 11 is 0. The van der Waals surface area contributed by atoms with Crippen molar-refractivity contribution in [2.24, 2.45) is 17.8 Å². The van der Waals surface area contributed by atoms with Crippen molar-refractivity contribution in [3.63, 3.8) is 0 Å². The fraction of sp³-hybridized carbons (Fsp3) is 0.324. The van der Waals surface area contributed by atoms with E-state index in [1.807, 2.05) is 18.2 Å². The fourth-order valence-corrected chi connectivity index (χ4v) is 7.78. The van der Waals surface area contributed by atoms with Gasteiger partial charge in [0, 0.05) is 38.1 Å². The second kappa shape index (κ2) is 9.68. The average molecular weight is 502 g/mol. The van der Waals surface area contributed by atoms with Crippen molar-refractivity contribution < 1.29 is 4.79 Å². The minimum absolute atomic E-state index is 0.169. The van der Waals surface area contributed by atoms with Gasteiger partial charge < -0.3 is 10.6 Å². The summed E-state index contributed by atoms with van der Waals surface area (Å²) in [5.74, 6) is 1.52. The largest absolute Gasteiger partial charge is 0.350 e. The summed E-state index contributed by atoms with van der Waals surface area (Å²) < 4.78 is 0. The van der Waals surface area contributed by atoms with E-state index in [1.165, 1.54) is 21.9 Å². The van der Waals surface area contributed by atoms with Crippen LogP contribution in [0.4, 0.5) is 0 Å². The average Bonchev–Trinajstić information content (AvgIpc) is 3.27. The molecular formula is C34H35N3O. The molecule has 0 aromatic heterocycles. The van der Waals surface area contributed by atoms with Gasteiger partial charge in [0.25, 0.3) is 0 Å². The molecule has 4 fully saturated rings. The molecule has 0 spiro atoms. The van der Waals surface area contributed by atoms with Crippen molar-refractivity contribution in [3.8, 4) is 0 Å². The summed E-state index contributed by atoms with van der Waals surface area (Å²) in [6.45, 7) is 3.50. The lowest BCUT2D eigenvalue weighted by Gasteiger charge is -2.56. The SMILES string of the molecule is O=C(NCc1ccccc1)[C@@]12C[C@@H]3CN(Cc4cccc5ccccc45)[C@@H]([C@@H]3CN1)[C@@H]2Cc1ccccc1. The summed E-state index contributed by atoms with van der Waals surface area (Å²) in [6, 6.07) is 36.8. The maximum Gasteiger partial charge on any atom is 0.240 e. The first-order valence-electron chi connectivity index (χ1n) is 14.0. The molecule has 4 aliphatic rings. The number of hydrogen-bond acceptors (Lipinski definition) is 3. The normalized spacial score (nSPS) is 28.0. The van der Waals surface area contributed by atoms with Gasteiger partial charge in [-0.25, -0.2) is 0 Å². The molecule has 1 saturated carbocycles. The van der Waals surface area contributed by atoms with Crippen LogP contribution in [0.2, 0.25) is 0 Å². The topological polar surface area (TPSA) is 44.4 Å². The number of rotatable bonds is 7. The number of benzene rings is 4. The van der Waals surface area contributed by atoms with E-state index in [0.29, 0.717) is 24.4 Å². The van der Waals surface area contributed by atoms with Crippen LogP contribution in [0.25, 0.3) is 10.8 Å². The van der Waals surface area contributed by atoms with Gasteiger partial charge in [-0.2, -0.15) is 0 Å². The number of carbonyl (C=O) groups is 1. The Balaban J connectivity index is 1.22. The summed E-state index contributed by atoms with van der Waals surface area (Å²) in [5, 5.41) is 9.79. The van der Waals surface area contributed by atoms with Crippen molar-refractivity contribution in [1.82, 2.24) is 15.5 Å². The van der Waals surface area contributed by atoms with E-state index in [4.69, 9.17) is 0 Å². The van der Waals surface area contributed by atoms with Gasteiger partial charge >= 0.3 is 0 Å². The van der Waals surface area contributed by atoms with E-state index < -0.39 is 5.54 Å². The van der Waals surface area contributed by atoms with Crippen LogP contribution in [0.3, 0.4) is 0 Å². The minimum atomic E-state index is -0.539. The Morgan fingerprint density at radius 2 is 1.58 bits per heavy atom. The maximum atomic E-state index is 14.1. The van der Waals surface area contributed by atoms with Crippen molar-refractivity contribution in [2.45, 2.75) is 37.5 Å². The van der Waals surface area contributed by atoms with Crippen molar-refractivity contribution >= 4 is 16.7 Å². The molecular weight excluding hydrogens is 466 g/mol. The quantitative estimate of drug-likeness (QED) is 0.367. The molecule has 3 aliphatic heterocycles. The highest BCUT2D eigenvalue weighted by atomic mass is 16.2. The van der Waals surface area contributed by atoms with Crippen molar-refractivity contribution in [2.75, 3.05) is 13.1 Å². The lowest BCUT2D eigenvalue weighted by molar-refractivity contribution is -0.138. The molecule has 0 unspecified atom stereocenters. The zero-order chi connectivity index (χ0) is 25.5. The highest BCUT2D eigenvalue weighted by Crippen LogP contribution is 2.53. The number of nitrogens with zero attached hydrogens (tertiary/aromatic N) is 1. The number of amides is 1. The molecule has 38 heavy (non-hydrogen) atoms. The van der Waals surface area contributed by atoms with Gasteiger partial charge in [0.05, 0.1) is 0 Å². The molecule has 4 heteroatoms. The Hall–Kier alpha value is -3.47. The number of fused-ring (bicyclic) bond motifs is 2. The van der Waals surface area contributed by atoms with E-state index >= 15 is 0 Å². The van der Waals surface area contributed by atoms with Crippen LogP contribution in [0.1, 0.15) is 23.1 Å². The molecule has 4 aromatic rings. The van der Waals surface area contributed by atoms with Gasteiger partial charge in [-0.3, -0.25) is 9.69 Å². The Morgan fingerprint density at radius 1 is 0.868 bits per heavy atom. The molecule has 5 atom stereocenters. The first kappa shape index (κ1) is 23.6. The van der Waals surface area contributed by atoms with Crippen molar-refractivity contribution in [3.05, 3.63) is 120 Å². The van der Waals surface area contributed by atoms with Crippen LogP contribution >= 0.6 is 0 Å². The molecule has 0 radical (unpaired) electrons. The van der Waals surface area contributed by atoms with E-state index in [9.17, 15) is 4.79 Å². The number of carbonyl (C=O) groups excluding carboxylic acids is 1. The fourth-order valence-electron chi connectivity index (χ4n) is 7.78. The van der Waals surface area contributed by atoms with Gasteiger partial charge in [-0.1, -0.05) is 103 Å². The molecule has 192 valence electrons. The minimum Gasteiger partial charge on any atom is -0.350 e. The standard InChI is InChI=1S/C34H35N3O/c38-33(35-20-25-12-5-2-6-13-25)34-19-28-23-37(22-27-16-9-15-26-14-7-8-17-29(26)27)32(30(28)21-36-34)31(34)18-24-10-3-1-4-11-24/h1-17,28,30-32,36H,18-23H2,(H,35,38)/t28-,30-,31+,32+,34+/m1/s1. The first-order chi connectivity index (χ1) is 18.7. The lowest BCUT2D eigenvalue weighted by atomic mass is 9.58. The van der Waals surface area contributed by atoms with E-state index in [2.05, 4.69) is 100 Å². The van der Waals surface area contributed by atoms with Gasteiger partial charge in [-0.05, 0) is 52.1 Å². The summed E-state index contributed by atoms with van der Waals surface area (Å²) in [6.07, 6.45) is 1.82. The van der Waals surface area contributed by atoms with E-state index in [-0.39, 0.29) is 11.8 Å². The van der Waals surface area contributed by atoms with E-state index in [1.54, 1.807) is 0 Å². The smallest absolute Gasteiger partial charge is 0.240 e. The van der Waals surface area contributed by atoms with Crippen molar-refractivity contribution in [1.29, 1.82) is 0 Å². The number of hydrogen-bond donors (Lipinski definition) is 2. The number of nitrogens with one attached hydrogen (secondary N) is 2. The Bertz CT molecular complexity index is 1430. The third-order valence-electron chi connectivity index (χ3n) is 9.47. The van der Waals surface area contributed by atoms with Crippen LogP contribution in [0.5, 0.6) is 0 Å². The van der Waals surface area contributed by atoms with Gasteiger partial charge in [0.1, 0.15) is 5.54 Å². The third-order valence-corrected chi connectivity index (χ3v) is 9.47. The molecule has 4 nitrogen and oxygen atoms in total. The summed E-state index contributed by atoms with van der Waals surface area (Å²) in [4.78, 5) is 16.8. The van der Waals surface area contributed by atoms with Gasteiger partial charge in [0.2, 0.25) is 5.91 Å². The van der Waals surface area contributed by atoms with Crippen LogP contribution < -0.4 is 10.6 Å². The molecule has 8 rings (SSSR count). The summed E-state index contributed by atoms with van der Waals surface area (Å²) in [5.41, 5.74) is 3.31. The molecule has 4 aromatic carbocycles. The summed E-state index contributed by atoms with van der Waals surface area (Å²) in [7, 11) is 0. The van der Waals surface area contributed by atoms with Crippen LogP contribution in [-0.4, -0.2) is 35.5 Å². The molecule has 4 bridgehead atoms. The molecule has 3 heterocycles. The third kappa shape index (κ3) is 4.03. The maximum absolute atomic E-state index is 14.1. The molecule has 1 amide bonds. The van der Waals surface area contributed by atoms with Gasteiger partial charge in [0.15, 0.2) is 0 Å². The Kier molecular flexibility index (Phi) is 6.02. The Labute approximate surface area is 225 Å². The van der Waals surface area contributed by atoms with Gasteiger partial charge in [-0.15, -0.1) is 0 Å². The predicted octanol–water partition coefficient (Wildman–Crippen LogP) is 5.18. The van der Waals surface area contributed by atoms with Crippen LogP contribution in [0, 0.1) is 17.8 Å². The predicted molar refractivity (Wildman–Crippen MR) is 152 cm³/mol. The monoisotopic (exact) mass is 501 g/mol. The van der Waals surface area contributed by atoms with Crippen LogP contribution in [0.15, 0.2) is 103 Å². The van der Waals surface area contributed by atoms with Crippen LogP contribution in [-0.2, 0) is 24.3 Å². The molecule has 3 saturated heterocycles. The molecule has 2 N–H and O–H groups in total. The zero-order valence-electron chi connectivity index (χ0n) is 21.7. The first-order valence-corrected chi connectivity index (χ1v) is 14.0. The Morgan fingerprint density at radius 3 is 2.39 bits per heavy atom. The lowest BCUT2D eigenvalue weighted by Crippen LogP contribution is -2.74. The second-order valence-electron chi connectivity index (χ2n) is 11.5. The molecule has 1 aliphatic carbocycles. The highest BCUT2D eigenvalue weighted by molar-refractivity contribution is 5.88. The highest BCUT2D eigenvalue weighted by Gasteiger charge is 2.64. The second-order valence-corrected chi connectivity index (χ2v) is 11.5. The number of piperidine rings is 2.